The predicted molar refractivity (Wildman–Crippen MR) is 56.6 cm³/mol. The van der Waals surface area contributed by atoms with Gasteiger partial charge in [0, 0.05) is 5.92 Å². The van der Waals surface area contributed by atoms with E-state index in [0.29, 0.717) is 9.84 Å². The van der Waals surface area contributed by atoms with Crippen molar-refractivity contribution in [3.63, 3.8) is 0 Å². The molecule has 0 spiro atoms. The SMILES string of the molecule is N#CC12CC3CCC1C(OC2=O)C3I. The van der Waals surface area contributed by atoms with Gasteiger partial charge in [-0.15, -0.1) is 0 Å². The molecule has 4 heteroatoms. The molecule has 0 N–H and O–H groups in total. The first-order valence-corrected chi connectivity index (χ1v) is 6.20. The summed E-state index contributed by atoms with van der Waals surface area (Å²) >= 11 is 2.38. The maximum Gasteiger partial charge on any atom is 0.327 e. The van der Waals surface area contributed by atoms with E-state index in [0.717, 1.165) is 19.3 Å². The minimum atomic E-state index is -0.769. The van der Waals surface area contributed by atoms with Crippen molar-refractivity contribution < 1.29 is 9.53 Å². The average molecular weight is 303 g/mol. The molecule has 4 rings (SSSR count). The predicted octanol–water partition coefficient (Wildman–Crippen LogP) is 1.66. The Morgan fingerprint density at radius 1 is 1.57 bits per heavy atom. The van der Waals surface area contributed by atoms with Crippen LogP contribution in [-0.2, 0) is 9.53 Å². The van der Waals surface area contributed by atoms with Crippen LogP contribution in [0.4, 0.5) is 0 Å². The maximum atomic E-state index is 11.7. The average Bonchev–Trinajstić information content (AvgIpc) is 2.46. The molecule has 4 bridgehead atoms. The standard InChI is InChI=1S/C10H10INO2/c11-7-5-1-2-6-8(7)14-9(13)10(6,3-5)4-12/h5-8H,1-3H2. The van der Waals surface area contributed by atoms with E-state index in [1.807, 2.05) is 0 Å². The summed E-state index contributed by atoms with van der Waals surface area (Å²) < 4.78 is 5.79. The summed E-state index contributed by atoms with van der Waals surface area (Å²) in [5, 5.41) is 9.19. The summed E-state index contributed by atoms with van der Waals surface area (Å²) in [6, 6.07) is 2.23. The number of hydrogen-bond donors (Lipinski definition) is 0. The number of halogens is 1. The first-order valence-electron chi connectivity index (χ1n) is 4.95. The van der Waals surface area contributed by atoms with Gasteiger partial charge in [0.2, 0.25) is 0 Å². The molecular formula is C10H10INO2. The molecule has 0 aromatic rings. The molecule has 74 valence electrons. The lowest BCUT2D eigenvalue weighted by Crippen LogP contribution is -2.50. The molecular weight excluding hydrogens is 293 g/mol. The van der Waals surface area contributed by atoms with Gasteiger partial charge in [0.1, 0.15) is 6.10 Å². The Hall–Kier alpha value is -0.310. The van der Waals surface area contributed by atoms with Crippen LogP contribution in [0, 0.1) is 28.6 Å². The van der Waals surface area contributed by atoms with Crippen LogP contribution >= 0.6 is 22.6 Å². The Kier molecular flexibility index (Phi) is 1.68. The normalized spacial score (nSPS) is 54.1. The second-order valence-corrected chi connectivity index (χ2v) is 5.98. The highest BCUT2D eigenvalue weighted by molar-refractivity contribution is 14.1. The monoisotopic (exact) mass is 303 g/mol. The molecule has 4 fully saturated rings. The van der Waals surface area contributed by atoms with E-state index in [9.17, 15) is 10.1 Å². The summed E-state index contributed by atoms with van der Waals surface area (Å²) in [5.74, 6) is 0.433. The van der Waals surface area contributed by atoms with Gasteiger partial charge in [0.15, 0.2) is 5.41 Å². The van der Waals surface area contributed by atoms with Crippen LogP contribution in [0.15, 0.2) is 0 Å². The van der Waals surface area contributed by atoms with Gasteiger partial charge in [-0.25, -0.2) is 0 Å². The minimum Gasteiger partial charge on any atom is -0.460 e. The second kappa shape index (κ2) is 2.63. The van der Waals surface area contributed by atoms with Crippen LogP contribution < -0.4 is 0 Å². The zero-order chi connectivity index (χ0) is 9.92. The fourth-order valence-corrected chi connectivity index (χ4v) is 4.56. The molecule has 14 heavy (non-hydrogen) atoms. The van der Waals surface area contributed by atoms with Crippen LogP contribution in [0.3, 0.4) is 0 Å². The van der Waals surface area contributed by atoms with E-state index in [1.54, 1.807) is 0 Å². The fourth-order valence-electron chi connectivity index (χ4n) is 3.30. The van der Waals surface area contributed by atoms with E-state index in [-0.39, 0.29) is 18.0 Å². The summed E-state index contributed by atoms with van der Waals surface area (Å²) in [6.07, 6.45) is 2.91. The molecule has 1 aliphatic heterocycles. The Balaban J connectivity index is 2.11. The van der Waals surface area contributed by atoms with Gasteiger partial charge >= 0.3 is 5.97 Å². The highest BCUT2D eigenvalue weighted by Gasteiger charge is 2.67. The van der Waals surface area contributed by atoms with Crippen molar-refractivity contribution in [1.29, 1.82) is 5.26 Å². The van der Waals surface area contributed by atoms with E-state index in [1.165, 1.54) is 0 Å². The largest absolute Gasteiger partial charge is 0.460 e. The van der Waals surface area contributed by atoms with Crippen LogP contribution in [0.25, 0.3) is 0 Å². The number of ether oxygens (including phenoxy) is 1. The first-order chi connectivity index (χ1) is 6.69. The zero-order valence-corrected chi connectivity index (χ0v) is 9.73. The molecule has 3 aliphatic carbocycles. The molecule has 1 heterocycles. The molecule has 5 atom stereocenters. The number of fused-ring (bicyclic) bond motifs is 1. The molecule has 4 aliphatic rings. The fraction of sp³-hybridized carbons (Fsp3) is 0.800. The smallest absolute Gasteiger partial charge is 0.327 e. The lowest BCUT2D eigenvalue weighted by Gasteiger charge is -2.45. The number of rotatable bonds is 0. The van der Waals surface area contributed by atoms with Gasteiger partial charge in [-0.1, -0.05) is 22.6 Å². The van der Waals surface area contributed by atoms with Crippen molar-refractivity contribution >= 4 is 28.6 Å². The van der Waals surface area contributed by atoms with Crippen LogP contribution in [0.2, 0.25) is 0 Å². The number of carbonyl (C=O) groups is 1. The van der Waals surface area contributed by atoms with E-state index >= 15 is 0 Å². The third kappa shape index (κ3) is 0.807. The van der Waals surface area contributed by atoms with E-state index in [4.69, 9.17) is 4.74 Å². The Bertz CT molecular complexity index is 351. The molecule has 3 nitrogen and oxygen atoms in total. The minimum absolute atomic E-state index is 0.0234. The van der Waals surface area contributed by atoms with Crippen LogP contribution in [0.5, 0.6) is 0 Å². The topological polar surface area (TPSA) is 50.1 Å². The highest BCUT2D eigenvalue weighted by atomic mass is 127. The number of carbonyl (C=O) groups excluding carboxylic acids is 1. The highest BCUT2D eigenvalue weighted by Crippen LogP contribution is 2.59. The van der Waals surface area contributed by atoms with Gasteiger partial charge in [-0.3, -0.25) is 4.79 Å². The molecule has 0 aromatic heterocycles. The number of nitriles is 1. The van der Waals surface area contributed by atoms with Crippen molar-refractivity contribution in [3.05, 3.63) is 0 Å². The Morgan fingerprint density at radius 3 is 3.07 bits per heavy atom. The van der Waals surface area contributed by atoms with Crippen molar-refractivity contribution in [1.82, 2.24) is 0 Å². The maximum absolute atomic E-state index is 11.7. The quantitative estimate of drug-likeness (QED) is 0.388. The third-order valence-electron chi connectivity index (χ3n) is 4.03. The van der Waals surface area contributed by atoms with Gasteiger partial charge in [-0.05, 0) is 25.2 Å². The van der Waals surface area contributed by atoms with Crippen LogP contribution in [-0.4, -0.2) is 16.0 Å². The van der Waals surface area contributed by atoms with Gasteiger partial charge < -0.3 is 4.74 Å². The van der Waals surface area contributed by atoms with E-state index in [2.05, 4.69) is 28.7 Å². The van der Waals surface area contributed by atoms with E-state index < -0.39 is 5.41 Å². The van der Waals surface area contributed by atoms with Crippen molar-refractivity contribution in [2.45, 2.75) is 29.3 Å². The van der Waals surface area contributed by atoms with Crippen LogP contribution in [0.1, 0.15) is 19.3 Å². The van der Waals surface area contributed by atoms with Gasteiger partial charge in [-0.2, -0.15) is 5.26 Å². The first kappa shape index (κ1) is 8.96. The summed E-state index contributed by atoms with van der Waals surface area (Å²) in [7, 11) is 0. The number of alkyl halides is 1. The molecule has 3 saturated carbocycles. The molecule has 0 aromatic carbocycles. The lowest BCUT2D eigenvalue weighted by molar-refractivity contribution is -0.145. The molecule has 0 amide bonds. The summed E-state index contributed by atoms with van der Waals surface area (Å²) in [6.45, 7) is 0. The molecule has 5 unspecified atom stereocenters. The second-order valence-electron chi connectivity index (χ2n) is 4.55. The summed E-state index contributed by atoms with van der Waals surface area (Å²) in [5.41, 5.74) is -0.769. The molecule has 1 saturated heterocycles. The number of esters is 1. The van der Waals surface area contributed by atoms with Crippen molar-refractivity contribution in [2.75, 3.05) is 0 Å². The third-order valence-corrected chi connectivity index (χ3v) is 5.76. The lowest BCUT2D eigenvalue weighted by atomic mass is 9.57. The van der Waals surface area contributed by atoms with Gasteiger partial charge in [0.05, 0.1) is 9.99 Å². The zero-order valence-electron chi connectivity index (χ0n) is 7.57. The van der Waals surface area contributed by atoms with Crippen molar-refractivity contribution in [3.8, 4) is 6.07 Å². The Labute approximate surface area is 95.9 Å². The van der Waals surface area contributed by atoms with Gasteiger partial charge in [0.25, 0.3) is 0 Å². The number of hydrogen-bond acceptors (Lipinski definition) is 3. The molecule has 0 radical (unpaired) electrons. The summed E-state index contributed by atoms with van der Waals surface area (Å²) in [4.78, 5) is 11.7. The number of nitrogens with zero attached hydrogens (tertiary/aromatic N) is 1. The Morgan fingerprint density at radius 2 is 2.36 bits per heavy atom. The van der Waals surface area contributed by atoms with Crippen molar-refractivity contribution in [2.24, 2.45) is 17.3 Å².